The molecule has 0 unspecified atom stereocenters. The molecule has 1 aromatic carbocycles. The Morgan fingerprint density at radius 3 is 2.17 bits per heavy atom. The monoisotopic (exact) mass is 164 g/mol. The van der Waals surface area contributed by atoms with Gasteiger partial charge in [-0.1, -0.05) is 12.1 Å². The molecular weight excluding hydrogens is 160 g/mol. The zero-order chi connectivity index (χ0) is 8.55. The Morgan fingerprint density at radius 2 is 1.75 bits per heavy atom. The summed E-state index contributed by atoms with van der Waals surface area (Å²) in [5.74, 6) is 0. The molecule has 60 valence electrons. The highest BCUT2D eigenvalue weighted by Gasteiger charge is 2.10. The van der Waals surface area contributed by atoms with Crippen molar-refractivity contribution < 1.29 is 5.03 Å². The van der Waals surface area contributed by atoms with Gasteiger partial charge >= 0.3 is 0 Å². The summed E-state index contributed by atoms with van der Waals surface area (Å²) in [5, 5.41) is 16.8. The van der Waals surface area contributed by atoms with E-state index in [9.17, 15) is 10.1 Å². The van der Waals surface area contributed by atoms with E-state index in [2.05, 4.69) is 10.2 Å². The van der Waals surface area contributed by atoms with Crippen molar-refractivity contribution in [1.29, 1.82) is 0 Å². The highest BCUT2D eigenvalue weighted by molar-refractivity contribution is 5.72. The molecule has 0 spiro atoms. The van der Waals surface area contributed by atoms with Crippen molar-refractivity contribution in [1.82, 2.24) is 15.1 Å². The van der Waals surface area contributed by atoms with E-state index in [0.29, 0.717) is 15.9 Å². The van der Waals surface area contributed by atoms with Crippen LogP contribution in [-0.2, 0) is 0 Å². The van der Waals surface area contributed by atoms with Crippen LogP contribution in [0.15, 0.2) is 24.3 Å². The van der Waals surface area contributed by atoms with E-state index >= 15 is 0 Å². The fourth-order valence-corrected chi connectivity index (χ4v) is 0.921. The molecule has 0 atom stereocenters. The van der Waals surface area contributed by atoms with Gasteiger partial charge in [0.05, 0.1) is 0 Å². The number of benzene rings is 1. The first kappa shape index (κ1) is 6.71. The maximum atomic E-state index is 10.2. The van der Waals surface area contributed by atoms with E-state index in [4.69, 9.17) is 0 Å². The van der Waals surface area contributed by atoms with Crippen molar-refractivity contribution in [2.45, 2.75) is 0 Å². The molecule has 2 aromatic rings. The van der Waals surface area contributed by atoms with Crippen LogP contribution < -0.4 is 0 Å². The predicted molar refractivity (Wildman–Crippen MR) is 39.9 cm³/mol. The van der Waals surface area contributed by atoms with Gasteiger partial charge in [0, 0.05) is 15.2 Å². The van der Waals surface area contributed by atoms with Gasteiger partial charge in [-0.15, -0.1) is 0 Å². The molecule has 0 aliphatic rings. The van der Waals surface area contributed by atoms with Crippen LogP contribution in [0.5, 0.6) is 0 Å². The van der Waals surface area contributed by atoms with Crippen molar-refractivity contribution in [2.75, 3.05) is 0 Å². The zero-order valence-electron chi connectivity index (χ0n) is 5.91. The summed E-state index contributed by atoms with van der Waals surface area (Å²) >= 11 is 0. The molecule has 0 saturated carbocycles. The third kappa shape index (κ3) is 0.895. The van der Waals surface area contributed by atoms with E-state index in [1.54, 1.807) is 24.3 Å². The van der Waals surface area contributed by atoms with Crippen LogP contribution >= 0.6 is 0 Å². The van der Waals surface area contributed by atoms with E-state index in [1.807, 2.05) is 0 Å². The zero-order valence-corrected chi connectivity index (χ0v) is 5.91. The van der Waals surface area contributed by atoms with E-state index in [-0.39, 0.29) is 0 Å². The van der Waals surface area contributed by atoms with Gasteiger partial charge in [-0.3, -0.25) is 0 Å². The first-order valence-electron chi connectivity index (χ1n) is 3.24. The minimum Gasteiger partial charge on any atom is -0.372 e. The van der Waals surface area contributed by atoms with Gasteiger partial charge in [-0.2, -0.15) is 0 Å². The largest absolute Gasteiger partial charge is 0.372 e. The first-order valence-corrected chi connectivity index (χ1v) is 3.24. The number of aromatic nitrogens is 3. The minimum atomic E-state index is -0.681. The molecule has 0 aliphatic heterocycles. The second-order valence-corrected chi connectivity index (χ2v) is 2.19. The lowest BCUT2D eigenvalue weighted by Crippen LogP contribution is -2.11. The third-order valence-electron chi connectivity index (χ3n) is 1.42. The lowest BCUT2D eigenvalue weighted by atomic mass is 10.3. The van der Waals surface area contributed by atoms with Crippen LogP contribution in [0.1, 0.15) is 0 Å². The van der Waals surface area contributed by atoms with Crippen molar-refractivity contribution >= 4 is 11.0 Å². The molecule has 0 saturated heterocycles. The van der Waals surface area contributed by atoms with Gasteiger partial charge in [0.15, 0.2) is 0 Å². The smallest absolute Gasteiger partial charge is 0.210 e. The Kier molecular flexibility index (Phi) is 1.26. The van der Waals surface area contributed by atoms with Gasteiger partial charge in [-0.05, 0) is 12.1 Å². The molecule has 0 fully saturated rings. The lowest BCUT2D eigenvalue weighted by Gasteiger charge is -1.85. The maximum absolute atomic E-state index is 10.2. The Bertz CT molecular complexity index is 403. The molecular formula is C6H4N4O2. The molecule has 0 amide bonds. The standard InChI is InChI=1S/C6H4N4O2/c11-10(12)9-7-5-3-1-2-4-6(5)8-9/h1-4H. The summed E-state index contributed by atoms with van der Waals surface area (Å²) in [6, 6.07) is 6.84. The number of fused-ring (bicyclic) bond motifs is 1. The summed E-state index contributed by atoms with van der Waals surface area (Å²) in [7, 11) is 0. The van der Waals surface area contributed by atoms with E-state index in [0.717, 1.165) is 0 Å². The average Bonchev–Trinajstić information content (AvgIpc) is 2.46. The van der Waals surface area contributed by atoms with E-state index < -0.39 is 5.03 Å². The third-order valence-corrected chi connectivity index (χ3v) is 1.42. The van der Waals surface area contributed by atoms with Crippen LogP contribution in [0.25, 0.3) is 11.0 Å². The molecule has 1 aromatic heterocycles. The lowest BCUT2D eigenvalue weighted by molar-refractivity contribution is -0.563. The van der Waals surface area contributed by atoms with Crippen LogP contribution in [0.4, 0.5) is 0 Å². The Labute approximate surface area is 66.5 Å². The van der Waals surface area contributed by atoms with Gasteiger partial charge < -0.3 is 10.1 Å². The van der Waals surface area contributed by atoms with Crippen molar-refractivity contribution in [3.8, 4) is 0 Å². The topological polar surface area (TPSA) is 73.8 Å². The van der Waals surface area contributed by atoms with Crippen molar-refractivity contribution in [2.24, 2.45) is 0 Å². The second kappa shape index (κ2) is 2.26. The number of hydrogen-bond donors (Lipinski definition) is 0. The van der Waals surface area contributed by atoms with Crippen LogP contribution in [-0.4, -0.2) is 20.1 Å². The number of rotatable bonds is 1. The summed E-state index contributed by atoms with van der Waals surface area (Å²) in [4.78, 5) is 10.7. The van der Waals surface area contributed by atoms with Gasteiger partial charge in [-0.25, -0.2) is 0 Å². The van der Waals surface area contributed by atoms with Crippen LogP contribution in [0, 0.1) is 10.1 Å². The van der Waals surface area contributed by atoms with E-state index in [1.165, 1.54) is 0 Å². The highest BCUT2D eigenvalue weighted by atomic mass is 16.7. The summed E-state index contributed by atoms with van der Waals surface area (Å²) < 4.78 is 0. The normalized spacial score (nSPS) is 10.3. The highest BCUT2D eigenvalue weighted by Crippen LogP contribution is 2.06. The number of nitrogens with zero attached hydrogens (tertiary/aromatic N) is 4. The van der Waals surface area contributed by atoms with Crippen molar-refractivity contribution in [3.05, 3.63) is 34.4 Å². The summed E-state index contributed by atoms with van der Waals surface area (Å²) in [6.45, 7) is 0. The predicted octanol–water partition coefficient (Wildman–Crippen LogP) is 0.471. The molecule has 6 nitrogen and oxygen atoms in total. The van der Waals surface area contributed by atoms with Gasteiger partial charge in [0.25, 0.3) is 0 Å². The molecule has 0 N–H and O–H groups in total. The quantitative estimate of drug-likeness (QED) is 0.453. The molecule has 0 aliphatic carbocycles. The average molecular weight is 164 g/mol. The SMILES string of the molecule is O=[N+]([O-])n1nc2ccccc2n1. The van der Waals surface area contributed by atoms with Gasteiger partial charge in [0.1, 0.15) is 4.91 Å². The summed E-state index contributed by atoms with van der Waals surface area (Å²) in [5.41, 5.74) is 1.04. The fraction of sp³-hybridized carbons (Fsp3) is 0. The molecule has 12 heavy (non-hydrogen) atoms. The Morgan fingerprint density at radius 1 is 1.25 bits per heavy atom. The fourth-order valence-electron chi connectivity index (χ4n) is 0.921. The Balaban J connectivity index is 2.70. The Hall–Kier alpha value is -1.98. The maximum Gasteiger partial charge on any atom is 0.210 e. The molecule has 1 heterocycles. The minimum absolute atomic E-state index is 0.463. The molecule has 2 rings (SSSR count). The molecule has 0 radical (unpaired) electrons. The molecule has 6 heteroatoms. The van der Waals surface area contributed by atoms with Crippen molar-refractivity contribution in [3.63, 3.8) is 0 Å². The number of hydrogen-bond acceptors (Lipinski definition) is 4. The number of nitro groups is 1. The summed E-state index contributed by atoms with van der Waals surface area (Å²) in [6.07, 6.45) is 0. The first-order chi connectivity index (χ1) is 5.77. The molecule has 0 bridgehead atoms. The van der Waals surface area contributed by atoms with Gasteiger partial charge in [0.2, 0.25) is 11.0 Å². The van der Waals surface area contributed by atoms with Crippen LogP contribution in [0.2, 0.25) is 0 Å². The second-order valence-electron chi connectivity index (χ2n) is 2.19. The van der Waals surface area contributed by atoms with Crippen LogP contribution in [0.3, 0.4) is 0 Å².